The Morgan fingerprint density at radius 2 is 2.22 bits per heavy atom. The zero-order valence-electron chi connectivity index (χ0n) is 10.9. The Morgan fingerprint density at radius 1 is 1.44 bits per heavy atom. The van der Waals surface area contributed by atoms with Gasteiger partial charge in [-0.05, 0) is 55.5 Å². The van der Waals surface area contributed by atoms with E-state index in [1.807, 2.05) is 18.2 Å². The van der Waals surface area contributed by atoms with E-state index in [2.05, 4.69) is 6.92 Å². The van der Waals surface area contributed by atoms with Gasteiger partial charge in [-0.1, -0.05) is 18.5 Å². The second-order valence-electron chi connectivity index (χ2n) is 4.42. The van der Waals surface area contributed by atoms with Gasteiger partial charge >= 0.3 is 0 Å². The average Bonchev–Trinajstić information content (AvgIpc) is 2.39. The maximum atomic E-state index is 9.13. The van der Waals surface area contributed by atoms with Crippen molar-refractivity contribution in [2.45, 2.75) is 26.2 Å². The molecule has 0 aliphatic carbocycles. The number of benzene rings is 1. The van der Waals surface area contributed by atoms with Gasteiger partial charge in [0, 0.05) is 11.6 Å². The van der Waals surface area contributed by atoms with Crippen LogP contribution in [0.3, 0.4) is 0 Å². The van der Waals surface area contributed by atoms with Crippen LogP contribution in [-0.4, -0.2) is 24.9 Å². The van der Waals surface area contributed by atoms with Crippen molar-refractivity contribution in [2.75, 3.05) is 19.8 Å². The number of aliphatic hydroxyl groups excluding tert-OH is 1. The van der Waals surface area contributed by atoms with Crippen molar-refractivity contribution in [1.82, 2.24) is 0 Å². The van der Waals surface area contributed by atoms with Crippen LogP contribution in [0.25, 0.3) is 0 Å². The van der Waals surface area contributed by atoms with Gasteiger partial charge in [-0.25, -0.2) is 0 Å². The zero-order chi connectivity index (χ0) is 13.4. The van der Waals surface area contributed by atoms with Crippen LogP contribution in [0.15, 0.2) is 18.2 Å². The molecule has 0 aliphatic heterocycles. The molecule has 102 valence electrons. The van der Waals surface area contributed by atoms with E-state index < -0.39 is 0 Å². The van der Waals surface area contributed by atoms with Crippen molar-refractivity contribution in [3.05, 3.63) is 28.8 Å². The molecule has 3 N–H and O–H groups in total. The van der Waals surface area contributed by atoms with E-state index in [4.69, 9.17) is 27.2 Å². The molecule has 0 spiro atoms. The lowest BCUT2D eigenvalue weighted by Crippen LogP contribution is -2.18. The SMILES string of the molecule is CCCOc1ccc(Cl)cc1CCC(CN)CO. The van der Waals surface area contributed by atoms with Crippen LogP contribution in [0.2, 0.25) is 5.02 Å². The van der Waals surface area contributed by atoms with Crippen LogP contribution in [0.1, 0.15) is 25.3 Å². The fraction of sp³-hybridized carbons (Fsp3) is 0.571. The molecule has 1 rings (SSSR count). The third-order valence-corrected chi connectivity index (χ3v) is 3.13. The van der Waals surface area contributed by atoms with Crippen LogP contribution in [-0.2, 0) is 6.42 Å². The van der Waals surface area contributed by atoms with Crippen LogP contribution in [0.5, 0.6) is 5.75 Å². The number of nitrogens with two attached hydrogens (primary N) is 1. The topological polar surface area (TPSA) is 55.5 Å². The Kier molecular flexibility index (Phi) is 7.09. The van der Waals surface area contributed by atoms with Gasteiger partial charge in [-0.2, -0.15) is 0 Å². The van der Waals surface area contributed by atoms with Crippen molar-refractivity contribution in [1.29, 1.82) is 0 Å². The third-order valence-electron chi connectivity index (χ3n) is 2.90. The molecule has 1 aromatic carbocycles. The first-order chi connectivity index (χ1) is 8.71. The van der Waals surface area contributed by atoms with Gasteiger partial charge in [-0.3, -0.25) is 0 Å². The van der Waals surface area contributed by atoms with E-state index in [1.165, 1.54) is 0 Å². The quantitative estimate of drug-likeness (QED) is 0.764. The lowest BCUT2D eigenvalue weighted by molar-refractivity contribution is 0.222. The summed E-state index contributed by atoms with van der Waals surface area (Å²) in [6.07, 6.45) is 2.64. The molecule has 0 fully saturated rings. The van der Waals surface area contributed by atoms with Gasteiger partial charge in [0.2, 0.25) is 0 Å². The maximum absolute atomic E-state index is 9.13. The normalized spacial score (nSPS) is 12.4. The number of ether oxygens (including phenoxy) is 1. The Morgan fingerprint density at radius 3 is 2.83 bits per heavy atom. The van der Waals surface area contributed by atoms with Crippen LogP contribution in [0, 0.1) is 5.92 Å². The molecule has 0 amide bonds. The maximum Gasteiger partial charge on any atom is 0.122 e. The fourth-order valence-corrected chi connectivity index (χ4v) is 1.93. The van der Waals surface area contributed by atoms with Crippen molar-refractivity contribution in [3.63, 3.8) is 0 Å². The summed E-state index contributed by atoms with van der Waals surface area (Å²) in [5, 5.41) is 9.84. The molecule has 0 radical (unpaired) electrons. The van der Waals surface area contributed by atoms with Crippen molar-refractivity contribution >= 4 is 11.6 Å². The molecule has 0 heterocycles. The van der Waals surface area contributed by atoms with E-state index >= 15 is 0 Å². The lowest BCUT2D eigenvalue weighted by Gasteiger charge is -2.14. The highest BCUT2D eigenvalue weighted by Crippen LogP contribution is 2.25. The molecule has 0 aromatic heterocycles. The molecule has 4 heteroatoms. The van der Waals surface area contributed by atoms with Crippen molar-refractivity contribution in [2.24, 2.45) is 11.7 Å². The number of rotatable bonds is 8. The van der Waals surface area contributed by atoms with Crippen LogP contribution >= 0.6 is 11.6 Å². The largest absolute Gasteiger partial charge is 0.493 e. The first-order valence-corrected chi connectivity index (χ1v) is 6.81. The Balaban J connectivity index is 2.68. The van der Waals surface area contributed by atoms with Crippen molar-refractivity contribution in [3.8, 4) is 5.75 Å². The molecular formula is C14H22ClNO2. The summed E-state index contributed by atoms with van der Waals surface area (Å²) in [4.78, 5) is 0. The van der Waals surface area contributed by atoms with Crippen LogP contribution < -0.4 is 10.5 Å². The molecule has 18 heavy (non-hydrogen) atoms. The molecule has 0 bridgehead atoms. The fourth-order valence-electron chi connectivity index (χ4n) is 1.74. The van der Waals surface area contributed by atoms with Gasteiger partial charge in [0.05, 0.1) is 6.61 Å². The first kappa shape index (κ1) is 15.3. The Bertz CT molecular complexity index is 354. The van der Waals surface area contributed by atoms with Gasteiger partial charge < -0.3 is 15.6 Å². The summed E-state index contributed by atoms with van der Waals surface area (Å²) in [6, 6.07) is 5.67. The summed E-state index contributed by atoms with van der Waals surface area (Å²) in [5.41, 5.74) is 6.66. The standard InChI is InChI=1S/C14H22ClNO2/c1-2-7-18-14-6-5-13(15)8-12(14)4-3-11(9-16)10-17/h5-6,8,11,17H,2-4,7,9-10,16H2,1H3. The number of hydrogen-bond donors (Lipinski definition) is 2. The highest BCUT2D eigenvalue weighted by atomic mass is 35.5. The monoisotopic (exact) mass is 271 g/mol. The second-order valence-corrected chi connectivity index (χ2v) is 4.86. The predicted octanol–water partition coefficient (Wildman–Crippen LogP) is 2.63. The molecule has 1 atom stereocenters. The van der Waals surface area contributed by atoms with Gasteiger partial charge in [0.1, 0.15) is 5.75 Å². The lowest BCUT2D eigenvalue weighted by atomic mass is 10.00. The summed E-state index contributed by atoms with van der Waals surface area (Å²) in [7, 11) is 0. The summed E-state index contributed by atoms with van der Waals surface area (Å²) in [5.74, 6) is 1.03. The van der Waals surface area contributed by atoms with E-state index in [1.54, 1.807) is 0 Å². The first-order valence-electron chi connectivity index (χ1n) is 6.43. The molecule has 0 saturated heterocycles. The minimum absolute atomic E-state index is 0.127. The smallest absolute Gasteiger partial charge is 0.122 e. The van der Waals surface area contributed by atoms with E-state index in [0.29, 0.717) is 18.2 Å². The number of aryl methyl sites for hydroxylation is 1. The minimum Gasteiger partial charge on any atom is -0.493 e. The van der Waals surface area contributed by atoms with E-state index in [-0.39, 0.29) is 12.5 Å². The van der Waals surface area contributed by atoms with Crippen LogP contribution in [0.4, 0.5) is 0 Å². The predicted molar refractivity (Wildman–Crippen MR) is 75.2 cm³/mol. The number of halogens is 1. The van der Waals surface area contributed by atoms with Gasteiger partial charge in [0.15, 0.2) is 0 Å². The van der Waals surface area contributed by atoms with Gasteiger partial charge in [-0.15, -0.1) is 0 Å². The minimum atomic E-state index is 0.127. The molecular weight excluding hydrogens is 250 g/mol. The second kappa shape index (κ2) is 8.35. The summed E-state index contributed by atoms with van der Waals surface area (Å²) in [6.45, 7) is 3.41. The number of aliphatic hydroxyl groups is 1. The molecule has 0 saturated carbocycles. The molecule has 3 nitrogen and oxygen atoms in total. The average molecular weight is 272 g/mol. The van der Waals surface area contributed by atoms with E-state index in [9.17, 15) is 0 Å². The Labute approximate surface area is 114 Å². The van der Waals surface area contributed by atoms with E-state index in [0.717, 1.165) is 30.6 Å². The highest BCUT2D eigenvalue weighted by molar-refractivity contribution is 6.30. The summed E-state index contributed by atoms with van der Waals surface area (Å²) < 4.78 is 5.69. The molecule has 1 aromatic rings. The molecule has 0 aliphatic rings. The third kappa shape index (κ3) is 4.84. The molecule has 1 unspecified atom stereocenters. The number of hydrogen-bond acceptors (Lipinski definition) is 3. The Hall–Kier alpha value is -0.770. The zero-order valence-corrected chi connectivity index (χ0v) is 11.6. The van der Waals surface area contributed by atoms with Gasteiger partial charge in [0.25, 0.3) is 0 Å². The highest BCUT2D eigenvalue weighted by Gasteiger charge is 2.09. The van der Waals surface area contributed by atoms with Crippen molar-refractivity contribution < 1.29 is 9.84 Å². The summed E-state index contributed by atoms with van der Waals surface area (Å²) >= 11 is 6.00.